The topological polar surface area (TPSA) is 111 Å². The van der Waals surface area contributed by atoms with E-state index in [0.717, 1.165) is 49.5 Å². The monoisotopic (exact) mass is 794 g/mol. The SMILES string of the molecule is CC1c2cccn2-c2ccc(Br)cc2N1C(=O)c1ccc(O)cc1O.CCC1c2cccn2-c2ccc(Br)cc2N1C(=O)c1ccc(O)cc1. The number of rotatable bonds is 3. The molecule has 2 aliphatic heterocycles. The molecule has 11 heteroatoms. The summed E-state index contributed by atoms with van der Waals surface area (Å²) < 4.78 is 6.01. The molecule has 0 saturated heterocycles. The van der Waals surface area contributed by atoms with Gasteiger partial charge in [0, 0.05) is 44.4 Å². The fourth-order valence-electron chi connectivity index (χ4n) is 6.77. The quantitative estimate of drug-likeness (QED) is 0.165. The standard InChI is InChI=1S/C20H17BrN2O2.C19H15BrN2O3/c1-2-16-17-4-3-11-22(17)18-10-7-14(21)12-19(18)23(16)20(25)13-5-8-15(24)9-6-13;1-11-15-3-2-8-21(15)16-7-4-12(20)9-17(16)22(11)19(25)14-6-5-13(23)10-18(14)24/h3-12,16,24H,2H2,1H3;2-11,23-24H,1H3. The Kier molecular flexibility index (Phi) is 8.79. The van der Waals surface area contributed by atoms with Crippen molar-refractivity contribution >= 4 is 55.0 Å². The first-order valence-electron chi connectivity index (χ1n) is 16.0. The van der Waals surface area contributed by atoms with Gasteiger partial charge in [-0.3, -0.25) is 19.4 Å². The highest BCUT2D eigenvalue weighted by molar-refractivity contribution is 9.10. The summed E-state index contributed by atoms with van der Waals surface area (Å²) in [4.78, 5) is 30.0. The Morgan fingerprint density at radius 2 is 1.20 bits per heavy atom. The number of phenols is 3. The van der Waals surface area contributed by atoms with E-state index in [4.69, 9.17) is 0 Å². The minimum absolute atomic E-state index is 0.0434. The van der Waals surface area contributed by atoms with E-state index in [2.05, 4.69) is 54.0 Å². The van der Waals surface area contributed by atoms with Crippen molar-refractivity contribution < 1.29 is 24.9 Å². The predicted molar refractivity (Wildman–Crippen MR) is 200 cm³/mol. The number of hydrogen-bond donors (Lipinski definition) is 3. The van der Waals surface area contributed by atoms with Crippen LogP contribution in [0.15, 0.2) is 124 Å². The fourth-order valence-corrected chi connectivity index (χ4v) is 7.47. The molecule has 252 valence electrons. The molecule has 0 spiro atoms. The first kappa shape index (κ1) is 33.2. The van der Waals surface area contributed by atoms with Gasteiger partial charge in [0.15, 0.2) is 0 Å². The molecule has 6 aromatic rings. The van der Waals surface area contributed by atoms with Gasteiger partial charge in [-0.15, -0.1) is 0 Å². The number of nitrogens with zero attached hydrogens (tertiary/aromatic N) is 4. The predicted octanol–water partition coefficient (Wildman–Crippen LogP) is 9.43. The average molecular weight is 797 g/mol. The molecule has 0 radical (unpaired) electrons. The molecule has 2 aliphatic rings. The van der Waals surface area contributed by atoms with Crippen LogP contribution in [-0.2, 0) is 0 Å². The average Bonchev–Trinajstić information content (AvgIpc) is 3.79. The first-order chi connectivity index (χ1) is 24.1. The summed E-state index contributed by atoms with van der Waals surface area (Å²) in [6.07, 6.45) is 4.81. The van der Waals surface area contributed by atoms with Gasteiger partial charge in [-0.25, -0.2) is 0 Å². The van der Waals surface area contributed by atoms with Crippen molar-refractivity contribution in [1.82, 2.24) is 9.13 Å². The van der Waals surface area contributed by atoms with Crippen LogP contribution in [0, 0.1) is 0 Å². The molecule has 8 rings (SSSR count). The third-order valence-corrected chi connectivity index (χ3v) is 10.1. The van der Waals surface area contributed by atoms with E-state index in [0.29, 0.717) is 5.56 Å². The molecule has 4 aromatic carbocycles. The second kappa shape index (κ2) is 13.2. The zero-order valence-corrected chi connectivity index (χ0v) is 30.2. The summed E-state index contributed by atoms with van der Waals surface area (Å²) in [5.41, 5.74) is 6.31. The Hall–Kier alpha value is -5.26. The highest BCUT2D eigenvalue weighted by Crippen LogP contribution is 2.44. The number of carbonyl (C=O) groups excluding carboxylic acids is 2. The summed E-state index contributed by atoms with van der Waals surface area (Å²) >= 11 is 6.99. The van der Waals surface area contributed by atoms with E-state index in [1.165, 1.54) is 18.2 Å². The Bertz CT molecular complexity index is 2260. The molecule has 4 heterocycles. The molecule has 0 bridgehead atoms. The molecule has 0 fully saturated rings. The van der Waals surface area contributed by atoms with E-state index in [-0.39, 0.29) is 46.7 Å². The van der Waals surface area contributed by atoms with Gasteiger partial charge in [0.05, 0.1) is 40.4 Å². The highest BCUT2D eigenvalue weighted by Gasteiger charge is 2.35. The van der Waals surface area contributed by atoms with E-state index < -0.39 is 0 Å². The molecule has 0 aliphatic carbocycles. The first-order valence-corrected chi connectivity index (χ1v) is 17.6. The van der Waals surface area contributed by atoms with Crippen LogP contribution in [0.5, 0.6) is 17.2 Å². The van der Waals surface area contributed by atoms with Gasteiger partial charge in [-0.2, -0.15) is 0 Å². The Labute approximate surface area is 305 Å². The maximum atomic E-state index is 13.3. The fraction of sp³-hybridized carbons (Fsp3) is 0.128. The van der Waals surface area contributed by atoms with Gasteiger partial charge in [-0.05, 0) is 110 Å². The lowest BCUT2D eigenvalue weighted by atomic mass is 10.0. The lowest BCUT2D eigenvalue weighted by Gasteiger charge is -2.38. The van der Waals surface area contributed by atoms with Gasteiger partial charge >= 0.3 is 0 Å². The summed E-state index contributed by atoms with van der Waals surface area (Å²) in [5.74, 6) is -0.567. The van der Waals surface area contributed by atoms with Crippen molar-refractivity contribution in [2.75, 3.05) is 9.80 Å². The summed E-state index contributed by atoms with van der Waals surface area (Å²) in [6, 6.07) is 29.9. The molecule has 2 aromatic heterocycles. The number of amides is 2. The number of aromatic hydroxyl groups is 3. The summed E-state index contributed by atoms with van der Waals surface area (Å²) in [7, 11) is 0. The molecule has 2 atom stereocenters. The molecular formula is C39H32Br2N4O5. The van der Waals surface area contributed by atoms with Crippen molar-refractivity contribution in [3.63, 3.8) is 0 Å². The van der Waals surface area contributed by atoms with E-state index >= 15 is 0 Å². The van der Waals surface area contributed by atoms with Crippen LogP contribution < -0.4 is 9.80 Å². The van der Waals surface area contributed by atoms with E-state index in [1.807, 2.05) is 78.8 Å². The highest BCUT2D eigenvalue weighted by atomic mass is 79.9. The Morgan fingerprint density at radius 1 is 0.640 bits per heavy atom. The molecule has 3 N–H and O–H groups in total. The van der Waals surface area contributed by atoms with Gasteiger partial charge < -0.3 is 24.5 Å². The maximum Gasteiger partial charge on any atom is 0.262 e. The van der Waals surface area contributed by atoms with Crippen LogP contribution in [0.3, 0.4) is 0 Å². The summed E-state index contributed by atoms with van der Waals surface area (Å²) in [5, 5.41) is 29.1. The largest absolute Gasteiger partial charge is 0.508 e. The number of benzene rings is 4. The zero-order valence-electron chi connectivity index (χ0n) is 27.0. The summed E-state index contributed by atoms with van der Waals surface area (Å²) in [6.45, 7) is 4.03. The van der Waals surface area contributed by atoms with Gasteiger partial charge in [0.25, 0.3) is 11.8 Å². The minimum Gasteiger partial charge on any atom is -0.508 e. The van der Waals surface area contributed by atoms with Crippen LogP contribution in [0.1, 0.15) is 64.5 Å². The number of halogens is 2. The third-order valence-electron chi connectivity index (χ3n) is 9.09. The van der Waals surface area contributed by atoms with Crippen LogP contribution in [0.25, 0.3) is 11.4 Å². The Balaban J connectivity index is 0.000000157. The number of aromatic nitrogens is 2. The van der Waals surface area contributed by atoms with Gasteiger partial charge in [0.1, 0.15) is 17.2 Å². The second-order valence-corrected chi connectivity index (χ2v) is 13.9. The molecule has 0 saturated carbocycles. The molecule has 50 heavy (non-hydrogen) atoms. The van der Waals surface area contributed by atoms with Crippen molar-refractivity contribution in [3.05, 3.63) is 147 Å². The lowest BCUT2D eigenvalue weighted by Crippen LogP contribution is -2.39. The smallest absolute Gasteiger partial charge is 0.262 e. The van der Waals surface area contributed by atoms with Crippen LogP contribution in [-0.4, -0.2) is 36.3 Å². The lowest BCUT2D eigenvalue weighted by molar-refractivity contribution is 0.0965. The van der Waals surface area contributed by atoms with Crippen LogP contribution in [0.2, 0.25) is 0 Å². The molecule has 9 nitrogen and oxygen atoms in total. The number of fused-ring (bicyclic) bond motifs is 6. The minimum atomic E-state index is -0.322. The van der Waals surface area contributed by atoms with Crippen molar-refractivity contribution in [3.8, 4) is 28.6 Å². The van der Waals surface area contributed by atoms with Crippen LogP contribution in [0.4, 0.5) is 11.4 Å². The van der Waals surface area contributed by atoms with Crippen molar-refractivity contribution in [2.45, 2.75) is 32.4 Å². The zero-order chi connectivity index (χ0) is 35.3. The third kappa shape index (κ3) is 5.76. The van der Waals surface area contributed by atoms with Crippen molar-refractivity contribution in [1.29, 1.82) is 0 Å². The number of carbonyl (C=O) groups is 2. The second-order valence-electron chi connectivity index (χ2n) is 12.1. The van der Waals surface area contributed by atoms with E-state index in [1.54, 1.807) is 29.2 Å². The Morgan fingerprint density at radius 3 is 1.80 bits per heavy atom. The van der Waals surface area contributed by atoms with Crippen LogP contribution >= 0.6 is 31.9 Å². The number of anilines is 2. The number of hydrogen-bond acceptors (Lipinski definition) is 5. The molecular weight excluding hydrogens is 764 g/mol. The van der Waals surface area contributed by atoms with Gasteiger partial charge in [-0.1, -0.05) is 38.8 Å². The van der Waals surface area contributed by atoms with Gasteiger partial charge in [0.2, 0.25) is 0 Å². The molecule has 2 unspecified atom stereocenters. The number of phenolic OH excluding ortho intramolecular Hbond substituents is 3. The normalized spacial score (nSPS) is 15.6. The van der Waals surface area contributed by atoms with E-state index in [9.17, 15) is 24.9 Å². The van der Waals surface area contributed by atoms with Crippen molar-refractivity contribution in [2.24, 2.45) is 0 Å². The molecule has 2 amide bonds. The maximum absolute atomic E-state index is 13.3.